The van der Waals surface area contributed by atoms with Crippen molar-refractivity contribution in [3.05, 3.63) is 51.8 Å². The third-order valence-corrected chi connectivity index (χ3v) is 4.46. The molecule has 21 heavy (non-hydrogen) atoms. The standard InChI is InChI=1S/C14H11NO5S/c1-6-11-12(7(2)15-6)14(17)10-5-8(21(18,19)20)3-4-9(10)13(11)16/h3-5,15H,1-2H3,(H,18,19,20). The van der Waals surface area contributed by atoms with Crippen molar-refractivity contribution in [2.24, 2.45) is 0 Å². The third-order valence-electron chi connectivity index (χ3n) is 3.61. The van der Waals surface area contributed by atoms with Gasteiger partial charge in [0.2, 0.25) is 0 Å². The quantitative estimate of drug-likeness (QED) is 0.665. The van der Waals surface area contributed by atoms with E-state index in [1.165, 1.54) is 6.07 Å². The molecule has 0 unspecified atom stereocenters. The van der Waals surface area contributed by atoms with Crippen LogP contribution < -0.4 is 0 Å². The van der Waals surface area contributed by atoms with E-state index in [1.54, 1.807) is 13.8 Å². The normalized spacial score (nSPS) is 14.0. The summed E-state index contributed by atoms with van der Waals surface area (Å²) in [4.78, 5) is 27.5. The first-order chi connectivity index (χ1) is 9.71. The van der Waals surface area contributed by atoms with Crippen LogP contribution >= 0.6 is 0 Å². The van der Waals surface area contributed by atoms with Gasteiger partial charge in [0, 0.05) is 22.5 Å². The van der Waals surface area contributed by atoms with Crippen LogP contribution in [0.25, 0.3) is 0 Å². The van der Waals surface area contributed by atoms with Gasteiger partial charge in [0.05, 0.1) is 16.0 Å². The molecule has 1 aromatic heterocycles. The molecule has 0 bridgehead atoms. The molecule has 0 amide bonds. The lowest BCUT2D eigenvalue weighted by Crippen LogP contribution is -2.21. The summed E-state index contributed by atoms with van der Waals surface area (Å²) in [6.07, 6.45) is 0. The number of rotatable bonds is 1. The molecule has 7 heteroatoms. The number of aryl methyl sites for hydroxylation is 2. The van der Waals surface area contributed by atoms with Crippen molar-refractivity contribution in [3.63, 3.8) is 0 Å². The summed E-state index contributed by atoms with van der Waals surface area (Å²) in [6, 6.07) is 3.40. The van der Waals surface area contributed by atoms with Gasteiger partial charge in [-0.2, -0.15) is 8.42 Å². The van der Waals surface area contributed by atoms with Crippen molar-refractivity contribution in [1.29, 1.82) is 0 Å². The largest absolute Gasteiger partial charge is 0.361 e. The fourth-order valence-electron chi connectivity index (χ4n) is 2.69. The summed E-state index contributed by atoms with van der Waals surface area (Å²) in [6.45, 7) is 3.38. The van der Waals surface area contributed by atoms with Crippen molar-refractivity contribution in [2.45, 2.75) is 18.7 Å². The average molecular weight is 305 g/mol. The Kier molecular flexibility index (Phi) is 2.69. The first-order valence-electron chi connectivity index (χ1n) is 6.12. The second-order valence-electron chi connectivity index (χ2n) is 4.97. The molecule has 1 aliphatic rings. The number of hydrogen-bond acceptors (Lipinski definition) is 4. The highest BCUT2D eigenvalue weighted by molar-refractivity contribution is 7.85. The van der Waals surface area contributed by atoms with Gasteiger partial charge in [-0.25, -0.2) is 0 Å². The van der Waals surface area contributed by atoms with E-state index in [-0.39, 0.29) is 22.5 Å². The summed E-state index contributed by atoms with van der Waals surface area (Å²) in [5, 5.41) is 0. The van der Waals surface area contributed by atoms with Crippen molar-refractivity contribution in [3.8, 4) is 0 Å². The molecule has 6 nitrogen and oxygen atoms in total. The summed E-state index contributed by atoms with van der Waals surface area (Å²) in [5.41, 5.74) is 1.88. The van der Waals surface area contributed by atoms with Gasteiger partial charge < -0.3 is 4.98 Å². The lowest BCUT2D eigenvalue weighted by molar-refractivity contribution is 0.0979. The molecule has 3 rings (SSSR count). The molecule has 1 heterocycles. The van der Waals surface area contributed by atoms with Crippen LogP contribution in [0.2, 0.25) is 0 Å². The minimum Gasteiger partial charge on any atom is -0.361 e. The van der Waals surface area contributed by atoms with Crippen molar-refractivity contribution in [2.75, 3.05) is 0 Å². The van der Waals surface area contributed by atoms with Crippen molar-refractivity contribution < 1.29 is 22.6 Å². The molecular weight excluding hydrogens is 294 g/mol. The number of fused-ring (bicyclic) bond motifs is 2. The fourth-order valence-corrected chi connectivity index (χ4v) is 3.19. The number of hydrogen-bond donors (Lipinski definition) is 2. The highest BCUT2D eigenvalue weighted by atomic mass is 32.2. The topological polar surface area (TPSA) is 104 Å². The van der Waals surface area contributed by atoms with E-state index in [9.17, 15) is 18.0 Å². The zero-order valence-electron chi connectivity index (χ0n) is 11.2. The van der Waals surface area contributed by atoms with E-state index in [0.29, 0.717) is 17.0 Å². The number of H-pyrrole nitrogens is 1. The van der Waals surface area contributed by atoms with Crippen LogP contribution in [0.3, 0.4) is 0 Å². The predicted octanol–water partition coefficient (Wildman–Crippen LogP) is 1.65. The first-order valence-corrected chi connectivity index (χ1v) is 7.56. The monoisotopic (exact) mass is 305 g/mol. The van der Waals surface area contributed by atoms with Gasteiger partial charge in [0.1, 0.15) is 0 Å². The summed E-state index contributed by atoms with van der Waals surface area (Å²) in [5.74, 6) is -0.754. The van der Waals surface area contributed by atoms with Crippen LogP contribution in [0.4, 0.5) is 0 Å². The van der Waals surface area contributed by atoms with Gasteiger partial charge in [0.25, 0.3) is 10.1 Å². The Morgan fingerprint density at radius 3 is 2.00 bits per heavy atom. The van der Waals surface area contributed by atoms with Crippen LogP contribution in [0, 0.1) is 13.8 Å². The predicted molar refractivity (Wildman–Crippen MR) is 73.4 cm³/mol. The van der Waals surface area contributed by atoms with Crippen LogP contribution in [0.1, 0.15) is 43.2 Å². The van der Waals surface area contributed by atoms with Gasteiger partial charge in [-0.3, -0.25) is 14.1 Å². The minimum atomic E-state index is -4.43. The highest BCUT2D eigenvalue weighted by Crippen LogP contribution is 2.32. The highest BCUT2D eigenvalue weighted by Gasteiger charge is 2.34. The van der Waals surface area contributed by atoms with E-state index in [1.807, 2.05) is 0 Å². The van der Waals surface area contributed by atoms with Crippen LogP contribution in [0.5, 0.6) is 0 Å². The van der Waals surface area contributed by atoms with Crippen LogP contribution in [-0.4, -0.2) is 29.5 Å². The molecule has 0 aliphatic heterocycles. The number of carbonyl (C=O) groups excluding carboxylic acids is 2. The molecule has 1 aliphatic carbocycles. The van der Waals surface area contributed by atoms with E-state index in [4.69, 9.17) is 4.55 Å². The van der Waals surface area contributed by atoms with E-state index in [2.05, 4.69) is 4.98 Å². The number of aromatic amines is 1. The van der Waals surface area contributed by atoms with Gasteiger partial charge in [-0.15, -0.1) is 0 Å². The lowest BCUT2D eigenvalue weighted by atomic mass is 9.84. The number of carbonyl (C=O) groups is 2. The maximum atomic E-state index is 12.5. The summed E-state index contributed by atoms with van der Waals surface area (Å²) < 4.78 is 31.4. The molecule has 1 aromatic carbocycles. The van der Waals surface area contributed by atoms with Gasteiger partial charge in [0.15, 0.2) is 11.6 Å². The Morgan fingerprint density at radius 1 is 0.952 bits per heavy atom. The Hall–Kier alpha value is -2.25. The minimum absolute atomic E-state index is 0.00951. The zero-order valence-corrected chi connectivity index (χ0v) is 12.0. The Morgan fingerprint density at radius 2 is 1.48 bits per heavy atom. The SMILES string of the molecule is Cc1[nH]c(C)c2c1C(=O)c1ccc(S(=O)(=O)O)cc1C2=O. The molecular formula is C14H11NO5S. The molecule has 0 spiro atoms. The van der Waals surface area contributed by atoms with E-state index >= 15 is 0 Å². The number of aromatic nitrogens is 1. The fraction of sp³-hybridized carbons (Fsp3) is 0.143. The Labute approximate surface area is 120 Å². The van der Waals surface area contributed by atoms with Crippen molar-refractivity contribution >= 4 is 21.7 Å². The molecule has 0 atom stereocenters. The molecule has 0 fully saturated rings. The molecule has 2 aromatic rings. The molecule has 108 valence electrons. The Bertz CT molecular complexity index is 921. The third kappa shape index (κ3) is 1.85. The summed E-state index contributed by atoms with van der Waals surface area (Å²) >= 11 is 0. The van der Waals surface area contributed by atoms with Crippen molar-refractivity contribution in [1.82, 2.24) is 4.98 Å². The number of benzene rings is 1. The van der Waals surface area contributed by atoms with Gasteiger partial charge in [-0.05, 0) is 32.0 Å². The number of nitrogens with one attached hydrogen (secondary N) is 1. The van der Waals surface area contributed by atoms with E-state index < -0.39 is 20.8 Å². The summed E-state index contributed by atoms with van der Waals surface area (Å²) in [7, 11) is -4.43. The molecule has 2 N–H and O–H groups in total. The molecule has 0 saturated heterocycles. The smallest absolute Gasteiger partial charge is 0.294 e. The lowest BCUT2D eigenvalue weighted by Gasteiger charge is -2.16. The number of ketones is 2. The zero-order chi connectivity index (χ0) is 15.5. The second-order valence-corrected chi connectivity index (χ2v) is 6.39. The van der Waals surface area contributed by atoms with Crippen LogP contribution in [0.15, 0.2) is 23.1 Å². The van der Waals surface area contributed by atoms with E-state index in [0.717, 1.165) is 12.1 Å². The second kappa shape index (κ2) is 4.12. The first kappa shape index (κ1) is 13.7. The maximum Gasteiger partial charge on any atom is 0.294 e. The molecule has 0 saturated carbocycles. The van der Waals surface area contributed by atoms with Crippen LogP contribution in [-0.2, 0) is 10.1 Å². The Balaban J connectivity index is 2.32. The van der Waals surface area contributed by atoms with Gasteiger partial charge in [-0.1, -0.05) is 0 Å². The average Bonchev–Trinajstić information content (AvgIpc) is 2.69. The maximum absolute atomic E-state index is 12.5. The molecule has 0 radical (unpaired) electrons. The van der Waals surface area contributed by atoms with Gasteiger partial charge >= 0.3 is 0 Å².